The highest BCUT2D eigenvalue weighted by Crippen LogP contribution is 2.32. The van der Waals surface area contributed by atoms with Gasteiger partial charge in [-0.25, -0.2) is 12.8 Å². The highest BCUT2D eigenvalue weighted by atomic mass is 35.5. The number of hydrogen-bond donors (Lipinski definition) is 1. The molecule has 1 N–H and O–H groups in total. The number of hydrogen-bond acceptors (Lipinski definition) is 5. The predicted molar refractivity (Wildman–Crippen MR) is 163 cm³/mol. The van der Waals surface area contributed by atoms with E-state index in [2.05, 4.69) is 5.32 Å². The summed E-state index contributed by atoms with van der Waals surface area (Å²) in [5.41, 5.74) is 1.01. The Hall–Kier alpha value is -3.63. The van der Waals surface area contributed by atoms with E-state index in [0.717, 1.165) is 9.87 Å². The van der Waals surface area contributed by atoms with E-state index in [4.69, 9.17) is 16.3 Å². The van der Waals surface area contributed by atoms with Crippen LogP contribution in [0.1, 0.15) is 45.2 Å². The fourth-order valence-corrected chi connectivity index (χ4v) is 5.99. The summed E-state index contributed by atoms with van der Waals surface area (Å²) in [6.07, 6.45) is 0.258. The highest BCUT2D eigenvalue weighted by molar-refractivity contribution is 7.92. The number of amides is 2. The number of carbonyl (C=O) groups is 2. The van der Waals surface area contributed by atoms with Crippen molar-refractivity contribution in [2.45, 2.75) is 64.1 Å². The van der Waals surface area contributed by atoms with Crippen molar-refractivity contribution in [3.63, 3.8) is 0 Å². The number of nitrogens with zero attached hydrogens (tertiary/aromatic N) is 2. The molecule has 0 aromatic heterocycles. The van der Waals surface area contributed by atoms with E-state index in [0.29, 0.717) is 11.3 Å². The van der Waals surface area contributed by atoms with Gasteiger partial charge in [-0.2, -0.15) is 0 Å². The Balaban J connectivity index is 2.10. The van der Waals surface area contributed by atoms with E-state index in [1.807, 2.05) is 27.7 Å². The van der Waals surface area contributed by atoms with Gasteiger partial charge >= 0.3 is 0 Å². The molecule has 0 aliphatic rings. The highest BCUT2D eigenvalue weighted by Gasteiger charge is 2.34. The van der Waals surface area contributed by atoms with Gasteiger partial charge in [0.15, 0.2) is 0 Å². The lowest BCUT2D eigenvalue weighted by atomic mass is 10.1. The topological polar surface area (TPSA) is 96.0 Å². The third-order valence-corrected chi connectivity index (χ3v) is 8.54. The minimum absolute atomic E-state index is 0.0181. The maximum absolute atomic E-state index is 14.1. The average Bonchev–Trinajstić information content (AvgIpc) is 2.91. The van der Waals surface area contributed by atoms with Gasteiger partial charge in [-0.15, -0.1) is 0 Å². The van der Waals surface area contributed by atoms with Gasteiger partial charge in [-0.3, -0.25) is 13.9 Å². The summed E-state index contributed by atoms with van der Waals surface area (Å²) in [4.78, 5) is 28.8. The molecule has 11 heteroatoms. The molecule has 0 radical (unpaired) electrons. The van der Waals surface area contributed by atoms with Gasteiger partial charge < -0.3 is 15.0 Å². The normalized spacial score (nSPS) is 12.4. The zero-order chi connectivity index (χ0) is 31.2. The number of carbonyl (C=O) groups excluding carboxylic acids is 2. The van der Waals surface area contributed by atoms with Crippen LogP contribution >= 0.6 is 11.6 Å². The minimum Gasteiger partial charge on any atom is -0.495 e. The van der Waals surface area contributed by atoms with Crippen LogP contribution in [0.3, 0.4) is 0 Å². The molecule has 3 rings (SSSR count). The van der Waals surface area contributed by atoms with E-state index in [-0.39, 0.29) is 34.5 Å². The van der Waals surface area contributed by atoms with Gasteiger partial charge in [0.2, 0.25) is 11.8 Å². The average molecular weight is 618 g/mol. The summed E-state index contributed by atoms with van der Waals surface area (Å²) < 4.78 is 47.8. The number of anilines is 1. The van der Waals surface area contributed by atoms with Crippen molar-refractivity contribution in [3.8, 4) is 5.75 Å². The number of sulfonamides is 1. The minimum atomic E-state index is -4.26. The van der Waals surface area contributed by atoms with Crippen molar-refractivity contribution < 1.29 is 27.1 Å². The van der Waals surface area contributed by atoms with Crippen molar-refractivity contribution in [1.82, 2.24) is 10.2 Å². The summed E-state index contributed by atoms with van der Waals surface area (Å²) >= 11 is 6.36. The molecule has 3 aromatic rings. The Morgan fingerprint density at radius 3 is 2.17 bits per heavy atom. The van der Waals surface area contributed by atoms with Crippen molar-refractivity contribution in [3.05, 3.63) is 88.7 Å². The molecule has 0 spiro atoms. The maximum Gasteiger partial charge on any atom is 0.264 e. The first-order chi connectivity index (χ1) is 19.7. The molecule has 0 saturated carbocycles. The number of aryl methyl sites for hydroxylation is 1. The molecule has 2 amide bonds. The van der Waals surface area contributed by atoms with Crippen LogP contribution in [0.25, 0.3) is 0 Å². The van der Waals surface area contributed by atoms with Gasteiger partial charge in [0.25, 0.3) is 10.0 Å². The number of methoxy groups -OCH3 is 1. The van der Waals surface area contributed by atoms with E-state index in [9.17, 15) is 22.4 Å². The summed E-state index contributed by atoms with van der Waals surface area (Å²) in [5.74, 6) is -1.12. The van der Waals surface area contributed by atoms with Crippen LogP contribution in [0, 0.1) is 12.7 Å². The first kappa shape index (κ1) is 32.9. The van der Waals surface area contributed by atoms with Crippen molar-refractivity contribution in [2.24, 2.45) is 0 Å². The van der Waals surface area contributed by atoms with Crippen LogP contribution < -0.4 is 14.4 Å². The maximum atomic E-state index is 14.1. The summed E-state index contributed by atoms with van der Waals surface area (Å²) in [5, 5.41) is 3.07. The predicted octanol–water partition coefficient (Wildman–Crippen LogP) is 5.71. The first-order valence-corrected chi connectivity index (χ1v) is 15.3. The summed E-state index contributed by atoms with van der Waals surface area (Å²) in [6.45, 7) is 8.41. The molecule has 226 valence electrons. The quantitative estimate of drug-likeness (QED) is 0.297. The molecule has 0 fully saturated rings. The van der Waals surface area contributed by atoms with Gasteiger partial charge in [-0.05, 0) is 82.1 Å². The van der Waals surface area contributed by atoms with E-state index >= 15 is 0 Å². The molecule has 8 nitrogen and oxygen atoms in total. The van der Waals surface area contributed by atoms with E-state index < -0.39 is 39.9 Å². The SMILES string of the molecule is CC[C@H](C(=O)NC(C)(C)C)N(Cc1ccc(F)cc1)C(=O)CN(c1ccc(OC)c(Cl)c1)S(=O)(=O)c1ccc(C)cc1. The fourth-order valence-electron chi connectivity index (χ4n) is 4.34. The number of nitrogens with one attached hydrogen (secondary N) is 1. The zero-order valence-corrected chi connectivity index (χ0v) is 26.2. The monoisotopic (exact) mass is 617 g/mol. The molecular formula is C31H37ClFN3O5S. The second-order valence-corrected chi connectivity index (χ2v) is 13.2. The van der Waals surface area contributed by atoms with Crippen LogP contribution in [0.2, 0.25) is 5.02 Å². The van der Waals surface area contributed by atoms with Gasteiger partial charge in [0.1, 0.15) is 24.2 Å². The molecule has 0 unspecified atom stereocenters. The van der Waals surface area contributed by atoms with Crippen LogP contribution in [-0.2, 0) is 26.2 Å². The Morgan fingerprint density at radius 2 is 1.64 bits per heavy atom. The third-order valence-electron chi connectivity index (χ3n) is 6.46. The molecule has 1 atom stereocenters. The summed E-state index contributed by atoms with van der Waals surface area (Å²) in [7, 11) is -2.82. The number of rotatable bonds is 11. The molecule has 42 heavy (non-hydrogen) atoms. The molecule has 0 saturated heterocycles. The van der Waals surface area contributed by atoms with E-state index in [1.165, 1.54) is 66.6 Å². The molecule has 0 heterocycles. The zero-order valence-electron chi connectivity index (χ0n) is 24.6. The lowest BCUT2D eigenvalue weighted by Crippen LogP contribution is -2.55. The second-order valence-electron chi connectivity index (χ2n) is 11.0. The van der Waals surface area contributed by atoms with Crippen LogP contribution in [0.5, 0.6) is 5.75 Å². The molecule has 0 aliphatic carbocycles. The lowest BCUT2D eigenvalue weighted by molar-refractivity contribution is -0.141. The third kappa shape index (κ3) is 8.23. The van der Waals surface area contributed by atoms with Crippen molar-refractivity contribution in [1.29, 1.82) is 0 Å². The smallest absolute Gasteiger partial charge is 0.264 e. The molecule has 3 aromatic carbocycles. The lowest BCUT2D eigenvalue weighted by Gasteiger charge is -2.34. The molecular weight excluding hydrogens is 581 g/mol. The standard InChI is InChI=1S/C31H37ClFN3O5S/c1-7-27(30(38)34-31(3,4)5)35(19-22-10-12-23(33)13-11-22)29(37)20-36(24-14-17-28(41-6)26(32)18-24)42(39,40)25-15-8-21(2)9-16-25/h8-18,27H,7,19-20H2,1-6H3,(H,34,38)/t27-/m1/s1. The number of ether oxygens (including phenoxy) is 1. The van der Waals surface area contributed by atoms with Gasteiger partial charge in [0, 0.05) is 12.1 Å². The van der Waals surface area contributed by atoms with Crippen LogP contribution in [-0.4, -0.2) is 50.4 Å². The Kier molecular flexibility index (Phi) is 10.6. The summed E-state index contributed by atoms with van der Waals surface area (Å²) in [6, 6.07) is 15.3. The Morgan fingerprint density at radius 1 is 1.02 bits per heavy atom. The van der Waals surface area contributed by atoms with Crippen LogP contribution in [0.15, 0.2) is 71.6 Å². The number of benzene rings is 3. The van der Waals surface area contributed by atoms with Gasteiger partial charge in [-0.1, -0.05) is 48.4 Å². The van der Waals surface area contributed by atoms with Crippen molar-refractivity contribution >= 4 is 39.1 Å². The number of halogens is 2. The Labute approximate surface area is 252 Å². The van der Waals surface area contributed by atoms with Crippen LogP contribution in [0.4, 0.5) is 10.1 Å². The second kappa shape index (κ2) is 13.6. The van der Waals surface area contributed by atoms with Gasteiger partial charge in [0.05, 0.1) is 22.7 Å². The Bertz CT molecular complexity index is 1510. The molecule has 0 bridgehead atoms. The van der Waals surface area contributed by atoms with Crippen molar-refractivity contribution in [2.75, 3.05) is 18.0 Å². The van der Waals surface area contributed by atoms with E-state index in [1.54, 1.807) is 19.1 Å². The fraction of sp³-hybridized carbons (Fsp3) is 0.355. The molecule has 0 aliphatic heterocycles. The first-order valence-electron chi connectivity index (χ1n) is 13.4. The largest absolute Gasteiger partial charge is 0.495 e.